The number of piperazine rings is 1. The minimum Gasteiger partial charge on any atom is -0.369 e. The monoisotopic (exact) mass is 534 g/mol. The van der Waals surface area contributed by atoms with E-state index in [1.807, 2.05) is 28.8 Å². The molecular weight excluding hydrogens is 499 g/mol. The van der Waals surface area contributed by atoms with Crippen LogP contribution in [0, 0.1) is 15.9 Å². The van der Waals surface area contributed by atoms with Crippen LogP contribution in [0.1, 0.15) is 47.3 Å². The molecule has 0 spiro atoms. The van der Waals surface area contributed by atoms with Gasteiger partial charge in [0.15, 0.2) is 0 Å². The van der Waals surface area contributed by atoms with Gasteiger partial charge in [0.25, 0.3) is 11.6 Å². The van der Waals surface area contributed by atoms with Gasteiger partial charge in [-0.3, -0.25) is 29.4 Å². The number of nitro benzene ring substituents is 1. The lowest BCUT2D eigenvalue weighted by atomic mass is 9.97. The number of amides is 1. The summed E-state index contributed by atoms with van der Waals surface area (Å²) in [4.78, 5) is 30.9. The van der Waals surface area contributed by atoms with Crippen LogP contribution in [0.4, 0.5) is 21.6 Å². The Bertz CT molecular complexity index is 1300. The summed E-state index contributed by atoms with van der Waals surface area (Å²) in [7, 11) is 1.89. The van der Waals surface area contributed by atoms with E-state index < -0.39 is 4.92 Å². The summed E-state index contributed by atoms with van der Waals surface area (Å²) in [5.74, 6) is 0.472. The molecule has 2 aromatic carbocycles. The molecule has 5 rings (SSSR count). The quantitative estimate of drug-likeness (QED) is 0.227. The van der Waals surface area contributed by atoms with Gasteiger partial charge in [0.2, 0.25) is 0 Å². The number of aryl methyl sites for hydroxylation is 2. The van der Waals surface area contributed by atoms with Gasteiger partial charge in [0.1, 0.15) is 11.6 Å². The standard InChI is InChI=1S/C29H35FN6O3/c1-32-28(26-6-2-3-7-27(26)31-32)35(29(37)22-8-12-25(13-9-22)36(38)39)17-5-4-16-33-18-20-34(21-19-33)24-14-10-23(30)11-15-24/h8-15H,2-7,16-21H2,1H3. The molecule has 1 amide bonds. The third-order valence-corrected chi connectivity index (χ3v) is 7.78. The molecule has 1 aromatic heterocycles. The molecule has 0 saturated carbocycles. The van der Waals surface area contributed by atoms with Gasteiger partial charge in [0.05, 0.1) is 10.6 Å². The molecule has 10 heteroatoms. The van der Waals surface area contributed by atoms with Gasteiger partial charge in [0, 0.05) is 68.7 Å². The van der Waals surface area contributed by atoms with E-state index in [0.717, 1.165) is 94.0 Å². The van der Waals surface area contributed by atoms with Gasteiger partial charge in [-0.1, -0.05) is 0 Å². The molecule has 2 aliphatic rings. The topological polar surface area (TPSA) is 87.8 Å². The van der Waals surface area contributed by atoms with Gasteiger partial charge in [-0.25, -0.2) is 4.39 Å². The maximum Gasteiger partial charge on any atom is 0.269 e. The van der Waals surface area contributed by atoms with Crippen molar-refractivity contribution >= 4 is 23.1 Å². The molecule has 0 unspecified atom stereocenters. The Morgan fingerprint density at radius 1 is 1.00 bits per heavy atom. The summed E-state index contributed by atoms with van der Waals surface area (Å²) in [5, 5.41) is 15.8. The van der Waals surface area contributed by atoms with E-state index in [4.69, 9.17) is 5.10 Å². The Labute approximate surface area is 228 Å². The van der Waals surface area contributed by atoms with Crippen LogP contribution in [0.15, 0.2) is 48.5 Å². The normalized spacial score (nSPS) is 15.7. The van der Waals surface area contributed by atoms with Crippen LogP contribution in [0.2, 0.25) is 0 Å². The summed E-state index contributed by atoms with van der Waals surface area (Å²) in [5.41, 5.74) is 3.67. The van der Waals surface area contributed by atoms with Gasteiger partial charge >= 0.3 is 0 Å². The van der Waals surface area contributed by atoms with E-state index in [1.54, 1.807) is 0 Å². The van der Waals surface area contributed by atoms with E-state index >= 15 is 0 Å². The highest BCUT2D eigenvalue weighted by Crippen LogP contribution is 2.31. The highest BCUT2D eigenvalue weighted by molar-refractivity contribution is 6.06. The SMILES string of the molecule is Cn1nc2c(c1N(CCCCN1CCN(c3ccc(F)cc3)CC1)C(=O)c1ccc([N+](=O)[O-])cc1)CCCC2. The van der Waals surface area contributed by atoms with E-state index in [0.29, 0.717) is 12.1 Å². The van der Waals surface area contributed by atoms with Crippen molar-refractivity contribution < 1.29 is 14.1 Å². The fourth-order valence-corrected chi connectivity index (χ4v) is 5.67. The van der Waals surface area contributed by atoms with Crippen LogP contribution in [-0.2, 0) is 19.9 Å². The van der Waals surface area contributed by atoms with Gasteiger partial charge in [-0.15, -0.1) is 0 Å². The lowest BCUT2D eigenvalue weighted by Crippen LogP contribution is -2.46. The number of rotatable bonds is 9. The second kappa shape index (κ2) is 11.9. The highest BCUT2D eigenvalue weighted by atomic mass is 19.1. The van der Waals surface area contributed by atoms with E-state index in [2.05, 4.69) is 9.80 Å². The van der Waals surface area contributed by atoms with Gasteiger partial charge in [-0.05, 0) is 81.5 Å². The largest absolute Gasteiger partial charge is 0.369 e. The first-order valence-electron chi connectivity index (χ1n) is 13.7. The first kappa shape index (κ1) is 26.8. The zero-order chi connectivity index (χ0) is 27.4. The summed E-state index contributed by atoms with van der Waals surface area (Å²) in [6.07, 6.45) is 5.79. The Kier molecular flexibility index (Phi) is 8.21. The van der Waals surface area contributed by atoms with Crippen LogP contribution in [0.3, 0.4) is 0 Å². The molecule has 0 atom stereocenters. The van der Waals surface area contributed by atoms with Crippen molar-refractivity contribution in [3.63, 3.8) is 0 Å². The van der Waals surface area contributed by atoms with Crippen LogP contribution in [-0.4, -0.2) is 64.8 Å². The summed E-state index contributed by atoms with van der Waals surface area (Å²) in [6, 6.07) is 12.5. The number of fused-ring (bicyclic) bond motifs is 1. The predicted octanol–water partition coefficient (Wildman–Crippen LogP) is 4.60. The van der Waals surface area contributed by atoms with E-state index in [9.17, 15) is 19.3 Å². The maximum atomic E-state index is 13.7. The third-order valence-electron chi connectivity index (χ3n) is 7.78. The zero-order valence-electron chi connectivity index (χ0n) is 22.4. The molecule has 39 heavy (non-hydrogen) atoms. The lowest BCUT2D eigenvalue weighted by molar-refractivity contribution is -0.384. The number of benzene rings is 2. The number of nitrogens with zero attached hydrogens (tertiary/aromatic N) is 6. The Morgan fingerprint density at radius 3 is 2.38 bits per heavy atom. The number of aromatic nitrogens is 2. The van der Waals surface area contributed by atoms with Crippen LogP contribution >= 0.6 is 0 Å². The highest BCUT2D eigenvalue weighted by Gasteiger charge is 2.28. The molecule has 9 nitrogen and oxygen atoms in total. The smallest absolute Gasteiger partial charge is 0.269 e. The number of hydrogen-bond acceptors (Lipinski definition) is 6. The lowest BCUT2D eigenvalue weighted by Gasteiger charge is -2.36. The molecule has 2 heterocycles. The Balaban J connectivity index is 1.22. The van der Waals surface area contributed by atoms with E-state index in [1.165, 1.54) is 36.4 Å². The van der Waals surface area contributed by atoms with Crippen molar-refractivity contribution in [2.45, 2.75) is 38.5 Å². The number of unbranched alkanes of at least 4 members (excludes halogenated alkanes) is 1. The number of anilines is 2. The van der Waals surface area contributed by atoms with Gasteiger partial charge < -0.3 is 4.90 Å². The maximum absolute atomic E-state index is 13.7. The first-order chi connectivity index (χ1) is 18.9. The molecular formula is C29H35FN6O3. The number of carbonyl (C=O) groups is 1. The van der Waals surface area contributed by atoms with Crippen molar-refractivity contribution in [2.75, 3.05) is 49.1 Å². The van der Waals surface area contributed by atoms with Crippen LogP contribution in [0.5, 0.6) is 0 Å². The molecule has 1 aliphatic heterocycles. The number of halogens is 1. The number of nitro groups is 1. The molecule has 1 aliphatic carbocycles. The van der Waals surface area contributed by atoms with Crippen molar-refractivity contribution in [1.82, 2.24) is 14.7 Å². The van der Waals surface area contributed by atoms with Crippen molar-refractivity contribution in [3.05, 3.63) is 81.3 Å². The second-order valence-corrected chi connectivity index (χ2v) is 10.4. The fourth-order valence-electron chi connectivity index (χ4n) is 5.67. The fraction of sp³-hybridized carbons (Fsp3) is 0.448. The number of hydrogen-bond donors (Lipinski definition) is 0. The molecule has 1 fully saturated rings. The minimum atomic E-state index is -0.455. The molecule has 0 N–H and O–H groups in total. The number of non-ortho nitro benzene ring substituents is 1. The minimum absolute atomic E-state index is 0.0319. The van der Waals surface area contributed by atoms with Crippen LogP contribution in [0.25, 0.3) is 0 Å². The molecule has 3 aromatic rings. The van der Waals surface area contributed by atoms with E-state index in [-0.39, 0.29) is 17.4 Å². The van der Waals surface area contributed by atoms with Crippen LogP contribution < -0.4 is 9.80 Å². The Morgan fingerprint density at radius 2 is 1.69 bits per heavy atom. The van der Waals surface area contributed by atoms with Gasteiger partial charge in [-0.2, -0.15) is 5.10 Å². The second-order valence-electron chi connectivity index (χ2n) is 10.4. The first-order valence-corrected chi connectivity index (χ1v) is 13.7. The molecule has 0 bridgehead atoms. The third kappa shape index (κ3) is 6.11. The van der Waals surface area contributed by atoms with Crippen molar-refractivity contribution in [2.24, 2.45) is 7.05 Å². The van der Waals surface area contributed by atoms with Crippen molar-refractivity contribution in [1.29, 1.82) is 0 Å². The number of carbonyl (C=O) groups excluding carboxylic acids is 1. The zero-order valence-corrected chi connectivity index (χ0v) is 22.4. The average Bonchev–Trinajstić information content (AvgIpc) is 3.29. The average molecular weight is 535 g/mol. The predicted molar refractivity (Wildman–Crippen MR) is 149 cm³/mol. The molecule has 0 radical (unpaired) electrons. The van der Waals surface area contributed by atoms with Crippen molar-refractivity contribution in [3.8, 4) is 0 Å². The molecule has 1 saturated heterocycles. The molecule has 206 valence electrons. The summed E-state index contributed by atoms with van der Waals surface area (Å²) >= 11 is 0. The summed E-state index contributed by atoms with van der Waals surface area (Å²) in [6.45, 7) is 5.18. The Hall–Kier alpha value is -3.79. The summed E-state index contributed by atoms with van der Waals surface area (Å²) < 4.78 is 15.1.